The largest absolute Gasteiger partial charge is 0.461 e. The van der Waals surface area contributed by atoms with Crippen LogP contribution in [0.25, 0.3) is 11.6 Å². The Morgan fingerprint density at radius 3 is 2.86 bits per heavy atom. The zero-order chi connectivity index (χ0) is 19.9. The topological polar surface area (TPSA) is 91.1 Å². The van der Waals surface area contributed by atoms with E-state index in [1.807, 2.05) is 30.5 Å². The van der Waals surface area contributed by atoms with E-state index >= 15 is 0 Å². The summed E-state index contributed by atoms with van der Waals surface area (Å²) in [4.78, 5) is 10.4. The smallest absolute Gasteiger partial charge is 0.216 e. The van der Waals surface area contributed by atoms with Crippen LogP contribution < -0.4 is 10.6 Å². The number of thiophene rings is 1. The summed E-state index contributed by atoms with van der Waals surface area (Å²) in [6, 6.07) is 8.13. The number of aliphatic imine (C=N–C) groups is 1. The lowest BCUT2D eigenvalue weighted by molar-refractivity contribution is 0.296. The van der Waals surface area contributed by atoms with Gasteiger partial charge in [-0.15, -0.1) is 11.3 Å². The van der Waals surface area contributed by atoms with Gasteiger partial charge < -0.3 is 15.1 Å². The van der Waals surface area contributed by atoms with Crippen LogP contribution in [0, 0.1) is 0 Å². The Kier molecular flexibility index (Phi) is 6.29. The molecule has 0 bridgehead atoms. The number of aromatic amines is 1. The van der Waals surface area contributed by atoms with E-state index in [1.54, 1.807) is 6.26 Å². The predicted octanol–water partition coefficient (Wildman–Crippen LogP) is 3.74. The van der Waals surface area contributed by atoms with Crippen LogP contribution >= 0.6 is 11.3 Å². The summed E-state index contributed by atoms with van der Waals surface area (Å²) in [6.07, 6.45) is 8.78. The molecule has 3 N–H and O–H groups in total. The minimum absolute atomic E-state index is 0.229. The molecule has 1 fully saturated rings. The molecule has 0 spiro atoms. The van der Waals surface area contributed by atoms with Gasteiger partial charge in [0.1, 0.15) is 5.82 Å². The van der Waals surface area contributed by atoms with Gasteiger partial charge in [0, 0.05) is 36.9 Å². The molecule has 0 aliphatic heterocycles. The molecular formula is C21H28N6OS. The van der Waals surface area contributed by atoms with E-state index in [9.17, 15) is 0 Å². The second-order valence-corrected chi connectivity index (χ2v) is 8.45. The van der Waals surface area contributed by atoms with E-state index in [4.69, 9.17) is 4.42 Å². The Bertz CT molecular complexity index is 894. The van der Waals surface area contributed by atoms with E-state index in [2.05, 4.69) is 48.3 Å². The molecule has 0 unspecified atom stereocenters. The SMILES string of the molecule is CN=C(NCCc1nc(-c2ccco2)n[nH]1)NCC1(c2cccs2)CCCCC1. The fraction of sp³-hybridized carbons (Fsp3) is 0.476. The number of furan rings is 1. The Morgan fingerprint density at radius 2 is 2.14 bits per heavy atom. The molecule has 4 rings (SSSR count). The Balaban J connectivity index is 1.29. The maximum Gasteiger partial charge on any atom is 0.216 e. The lowest BCUT2D eigenvalue weighted by Gasteiger charge is -2.37. The van der Waals surface area contributed by atoms with Crippen molar-refractivity contribution in [2.45, 2.75) is 43.9 Å². The molecule has 1 aliphatic carbocycles. The van der Waals surface area contributed by atoms with Gasteiger partial charge in [-0.3, -0.25) is 10.1 Å². The third kappa shape index (κ3) is 4.70. The van der Waals surface area contributed by atoms with Gasteiger partial charge in [-0.2, -0.15) is 5.10 Å². The van der Waals surface area contributed by atoms with E-state index < -0.39 is 0 Å². The number of rotatable bonds is 7. The summed E-state index contributed by atoms with van der Waals surface area (Å²) >= 11 is 1.88. The van der Waals surface area contributed by atoms with Gasteiger partial charge in [0.2, 0.25) is 5.82 Å². The molecule has 1 saturated carbocycles. The summed E-state index contributed by atoms with van der Waals surface area (Å²) in [5.41, 5.74) is 0.229. The van der Waals surface area contributed by atoms with Crippen LogP contribution in [0.2, 0.25) is 0 Å². The van der Waals surface area contributed by atoms with Gasteiger partial charge in [-0.1, -0.05) is 25.3 Å². The first-order chi connectivity index (χ1) is 14.3. The molecule has 1 aliphatic rings. The van der Waals surface area contributed by atoms with Crippen molar-refractivity contribution >= 4 is 17.3 Å². The number of guanidine groups is 1. The Morgan fingerprint density at radius 1 is 1.24 bits per heavy atom. The summed E-state index contributed by atoms with van der Waals surface area (Å²) in [6.45, 7) is 1.64. The average molecular weight is 413 g/mol. The molecular weight excluding hydrogens is 384 g/mol. The Labute approximate surface area is 175 Å². The highest BCUT2D eigenvalue weighted by molar-refractivity contribution is 7.10. The fourth-order valence-electron chi connectivity index (χ4n) is 4.02. The number of hydrogen-bond acceptors (Lipinski definition) is 5. The molecule has 0 atom stereocenters. The highest BCUT2D eigenvalue weighted by Gasteiger charge is 2.34. The van der Waals surface area contributed by atoms with Crippen molar-refractivity contribution in [2.24, 2.45) is 4.99 Å². The van der Waals surface area contributed by atoms with Crippen molar-refractivity contribution in [1.29, 1.82) is 0 Å². The lowest BCUT2D eigenvalue weighted by Crippen LogP contribution is -2.46. The molecule has 0 saturated heterocycles. The molecule has 0 amide bonds. The highest BCUT2D eigenvalue weighted by Crippen LogP contribution is 2.41. The van der Waals surface area contributed by atoms with Crippen molar-refractivity contribution in [3.8, 4) is 11.6 Å². The quantitative estimate of drug-likeness (QED) is 0.406. The van der Waals surface area contributed by atoms with Gasteiger partial charge >= 0.3 is 0 Å². The zero-order valence-corrected chi connectivity index (χ0v) is 17.6. The van der Waals surface area contributed by atoms with Crippen molar-refractivity contribution in [2.75, 3.05) is 20.1 Å². The standard InChI is InChI=1S/C21H28N6OS/c1-22-20(23-12-9-18-25-19(27-26-18)16-7-5-13-28-16)24-15-21(10-3-2-4-11-21)17-8-6-14-29-17/h5-8,13-14H,2-4,9-12,15H2,1H3,(H2,22,23,24)(H,25,26,27). The van der Waals surface area contributed by atoms with E-state index in [1.165, 1.54) is 37.0 Å². The average Bonchev–Trinajstić information content (AvgIpc) is 3.53. The molecule has 3 aromatic heterocycles. The fourth-order valence-corrected chi connectivity index (χ4v) is 5.00. The zero-order valence-electron chi connectivity index (χ0n) is 16.8. The second kappa shape index (κ2) is 9.26. The van der Waals surface area contributed by atoms with Crippen LogP contribution in [0.1, 0.15) is 42.8 Å². The number of aromatic nitrogens is 3. The van der Waals surface area contributed by atoms with Crippen LogP contribution in [0.4, 0.5) is 0 Å². The molecule has 8 heteroatoms. The van der Waals surface area contributed by atoms with Crippen LogP contribution in [0.5, 0.6) is 0 Å². The van der Waals surface area contributed by atoms with Crippen molar-refractivity contribution < 1.29 is 4.42 Å². The summed E-state index contributed by atoms with van der Waals surface area (Å²) < 4.78 is 5.33. The highest BCUT2D eigenvalue weighted by atomic mass is 32.1. The molecule has 29 heavy (non-hydrogen) atoms. The van der Waals surface area contributed by atoms with E-state index in [0.29, 0.717) is 11.6 Å². The molecule has 0 aromatic carbocycles. The van der Waals surface area contributed by atoms with Gasteiger partial charge in [0.15, 0.2) is 11.7 Å². The van der Waals surface area contributed by atoms with Gasteiger partial charge in [-0.25, -0.2) is 4.98 Å². The third-order valence-corrected chi connectivity index (χ3v) is 6.72. The molecule has 7 nitrogen and oxygen atoms in total. The minimum atomic E-state index is 0.229. The molecule has 3 aromatic rings. The normalized spacial score (nSPS) is 16.7. The minimum Gasteiger partial charge on any atom is -0.461 e. The maximum absolute atomic E-state index is 5.33. The van der Waals surface area contributed by atoms with Gasteiger partial charge in [-0.05, 0) is 36.4 Å². The number of hydrogen-bond donors (Lipinski definition) is 3. The Hall–Kier alpha value is -2.61. The monoisotopic (exact) mass is 412 g/mol. The lowest BCUT2D eigenvalue weighted by atomic mass is 9.73. The van der Waals surface area contributed by atoms with Crippen LogP contribution in [-0.2, 0) is 11.8 Å². The van der Waals surface area contributed by atoms with Gasteiger partial charge in [0.05, 0.1) is 6.26 Å². The van der Waals surface area contributed by atoms with Crippen molar-refractivity contribution in [3.05, 3.63) is 46.6 Å². The van der Waals surface area contributed by atoms with Crippen LogP contribution in [0.15, 0.2) is 45.3 Å². The second-order valence-electron chi connectivity index (χ2n) is 7.50. The summed E-state index contributed by atoms with van der Waals surface area (Å²) in [7, 11) is 1.82. The van der Waals surface area contributed by atoms with Crippen molar-refractivity contribution in [1.82, 2.24) is 25.8 Å². The first-order valence-electron chi connectivity index (χ1n) is 10.2. The molecule has 0 radical (unpaired) electrons. The first kappa shape index (κ1) is 19.7. The molecule has 154 valence electrons. The third-order valence-electron chi connectivity index (χ3n) is 5.60. The predicted molar refractivity (Wildman–Crippen MR) is 116 cm³/mol. The first-order valence-corrected chi connectivity index (χ1v) is 11.1. The number of nitrogens with one attached hydrogen (secondary N) is 3. The summed E-state index contributed by atoms with van der Waals surface area (Å²) in [5.74, 6) is 2.91. The number of nitrogens with zero attached hydrogens (tertiary/aromatic N) is 3. The van der Waals surface area contributed by atoms with Crippen LogP contribution in [-0.4, -0.2) is 41.3 Å². The molecule has 3 heterocycles. The van der Waals surface area contributed by atoms with Gasteiger partial charge in [0.25, 0.3) is 0 Å². The van der Waals surface area contributed by atoms with E-state index in [0.717, 1.165) is 31.3 Å². The van der Waals surface area contributed by atoms with Crippen molar-refractivity contribution in [3.63, 3.8) is 0 Å². The number of H-pyrrole nitrogens is 1. The van der Waals surface area contributed by atoms with E-state index in [-0.39, 0.29) is 5.41 Å². The summed E-state index contributed by atoms with van der Waals surface area (Å²) in [5, 5.41) is 16.3. The van der Waals surface area contributed by atoms with Crippen LogP contribution in [0.3, 0.4) is 0 Å². The maximum atomic E-state index is 5.33.